The van der Waals surface area contributed by atoms with Crippen LogP contribution in [0, 0.1) is 6.92 Å². The van der Waals surface area contributed by atoms with Crippen molar-refractivity contribution in [3.63, 3.8) is 0 Å². The summed E-state index contributed by atoms with van der Waals surface area (Å²) in [6.45, 7) is 3.42. The number of nitrogen functional groups attached to an aromatic ring is 1. The van der Waals surface area contributed by atoms with Gasteiger partial charge in [-0.05, 0) is 31.0 Å². The molecule has 1 aliphatic heterocycles. The van der Waals surface area contributed by atoms with E-state index in [2.05, 4.69) is 9.97 Å². The fourth-order valence-electron chi connectivity index (χ4n) is 3.30. The van der Waals surface area contributed by atoms with Crippen LogP contribution in [-0.4, -0.2) is 49.5 Å². The van der Waals surface area contributed by atoms with Crippen LogP contribution in [0.4, 0.5) is 11.8 Å². The molecule has 2 aromatic rings. The van der Waals surface area contributed by atoms with Gasteiger partial charge in [-0.15, -0.1) is 0 Å². The topological polar surface area (TPSA) is 119 Å². The Bertz CT molecular complexity index is 964. The Morgan fingerprint density at radius 1 is 1.36 bits per heavy atom. The molecule has 0 radical (unpaired) electrons. The highest BCUT2D eigenvalue weighted by molar-refractivity contribution is 7.89. The van der Waals surface area contributed by atoms with Crippen LogP contribution in [-0.2, 0) is 20.3 Å². The lowest BCUT2D eigenvalue weighted by Crippen LogP contribution is -2.32. The Morgan fingerprint density at radius 2 is 2.11 bits per heavy atom. The molecular formula is C18H23ClN4O4S. The number of hydrogen-bond donors (Lipinski definition) is 2. The molecule has 3 N–H and O–H groups in total. The lowest BCUT2D eigenvalue weighted by molar-refractivity contribution is 0.134. The summed E-state index contributed by atoms with van der Waals surface area (Å²) >= 11 is 6.49. The number of aromatic hydroxyl groups is 1. The molecule has 2 heterocycles. The van der Waals surface area contributed by atoms with E-state index in [-0.39, 0.29) is 29.1 Å². The van der Waals surface area contributed by atoms with Crippen molar-refractivity contribution in [1.82, 2.24) is 9.97 Å². The number of nitrogens with zero attached hydrogens (tertiary/aromatic N) is 3. The predicted molar refractivity (Wildman–Crippen MR) is 108 cm³/mol. The molecule has 8 nitrogen and oxygen atoms in total. The zero-order valence-corrected chi connectivity index (χ0v) is 17.3. The van der Waals surface area contributed by atoms with Gasteiger partial charge in [0.05, 0.1) is 18.4 Å². The third-order valence-electron chi connectivity index (χ3n) is 4.47. The first kappa shape index (κ1) is 20.6. The minimum absolute atomic E-state index is 0.118. The number of rotatable bonds is 4. The quantitative estimate of drug-likeness (QED) is 0.763. The predicted octanol–water partition coefficient (Wildman–Crippen LogP) is 2.24. The van der Waals surface area contributed by atoms with Crippen molar-refractivity contribution in [2.24, 2.45) is 0 Å². The minimum atomic E-state index is -3.31. The molecule has 1 aliphatic rings. The molecule has 1 fully saturated rings. The fourth-order valence-corrected chi connectivity index (χ4v) is 4.41. The summed E-state index contributed by atoms with van der Waals surface area (Å²) in [5, 5.41) is 10.8. The van der Waals surface area contributed by atoms with Crippen molar-refractivity contribution in [2.75, 3.05) is 36.6 Å². The van der Waals surface area contributed by atoms with Gasteiger partial charge in [-0.2, -0.15) is 4.98 Å². The SMILES string of the molecule is Cc1cc(N2CCCOC[C@H]2c2cc(O)c(CS(C)(=O)=O)cc2Cl)nc(N)n1. The van der Waals surface area contributed by atoms with Crippen LogP contribution in [0.25, 0.3) is 0 Å². The molecule has 1 atom stereocenters. The van der Waals surface area contributed by atoms with Gasteiger partial charge in [-0.25, -0.2) is 13.4 Å². The highest BCUT2D eigenvalue weighted by Crippen LogP contribution is 2.37. The van der Waals surface area contributed by atoms with Gasteiger partial charge in [0.1, 0.15) is 11.6 Å². The van der Waals surface area contributed by atoms with Gasteiger partial charge in [0.15, 0.2) is 9.84 Å². The van der Waals surface area contributed by atoms with Gasteiger partial charge in [-0.3, -0.25) is 0 Å². The van der Waals surface area contributed by atoms with Gasteiger partial charge >= 0.3 is 0 Å². The van der Waals surface area contributed by atoms with Gasteiger partial charge in [-0.1, -0.05) is 11.6 Å². The molecule has 1 aromatic carbocycles. The number of aromatic nitrogens is 2. The Hall–Kier alpha value is -2.10. The van der Waals surface area contributed by atoms with Crippen molar-refractivity contribution in [2.45, 2.75) is 25.1 Å². The standard InChI is InChI=1S/C18H23ClN4O4S/c1-11-6-17(22-18(20)21-11)23-4-3-5-27-9-15(23)13-8-16(24)12(7-14(13)19)10-28(2,25)26/h6-8,15,24H,3-5,9-10H2,1-2H3,(H2,20,21,22)/t15-/m0/s1. The molecule has 152 valence electrons. The summed E-state index contributed by atoms with van der Waals surface area (Å²) in [7, 11) is -3.31. The largest absolute Gasteiger partial charge is 0.508 e. The van der Waals surface area contributed by atoms with Crippen LogP contribution in [0.15, 0.2) is 18.2 Å². The lowest BCUT2D eigenvalue weighted by Gasteiger charge is -2.31. The van der Waals surface area contributed by atoms with Gasteiger partial charge in [0, 0.05) is 41.8 Å². The van der Waals surface area contributed by atoms with Gasteiger partial charge in [0.2, 0.25) is 5.95 Å². The van der Waals surface area contributed by atoms with Crippen molar-refractivity contribution < 1.29 is 18.3 Å². The summed E-state index contributed by atoms with van der Waals surface area (Å²) in [6, 6.07) is 4.52. The highest BCUT2D eigenvalue weighted by Gasteiger charge is 2.28. The van der Waals surface area contributed by atoms with E-state index in [4.69, 9.17) is 22.1 Å². The van der Waals surface area contributed by atoms with Crippen molar-refractivity contribution in [1.29, 1.82) is 0 Å². The van der Waals surface area contributed by atoms with E-state index < -0.39 is 9.84 Å². The Labute approximate surface area is 169 Å². The molecule has 0 unspecified atom stereocenters. The number of nitrogens with two attached hydrogens (primary N) is 1. The third-order valence-corrected chi connectivity index (χ3v) is 5.63. The molecule has 3 rings (SSSR count). The molecule has 1 aromatic heterocycles. The van der Waals surface area contributed by atoms with Gasteiger partial charge < -0.3 is 20.5 Å². The van der Waals surface area contributed by atoms with E-state index in [9.17, 15) is 13.5 Å². The maximum atomic E-state index is 11.6. The van der Waals surface area contributed by atoms with E-state index in [1.807, 2.05) is 17.9 Å². The normalized spacial score (nSPS) is 18.1. The average Bonchev–Trinajstić information content (AvgIpc) is 2.81. The number of sulfone groups is 1. The number of aryl methyl sites for hydroxylation is 1. The first-order valence-electron chi connectivity index (χ1n) is 8.78. The number of hydrogen-bond acceptors (Lipinski definition) is 8. The van der Waals surface area contributed by atoms with Crippen molar-refractivity contribution in [3.8, 4) is 5.75 Å². The highest BCUT2D eigenvalue weighted by atomic mass is 35.5. The molecule has 28 heavy (non-hydrogen) atoms. The second-order valence-electron chi connectivity index (χ2n) is 6.94. The van der Waals surface area contributed by atoms with Crippen LogP contribution in [0.2, 0.25) is 5.02 Å². The van der Waals surface area contributed by atoms with Crippen LogP contribution < -0.4 is 10.6 Å². The maximum absolute atomic E-state index is 11.6. The number of phenols is 1. The van der Waals surface area contributed by atoms with Crippen molar-refractivity contribution in [3.05, 3.63) is 40.0 Å². The third kappa shape index (κ3) is 4.84. The van der Waals surface area contributed by atoms with Crippen LogP contribution in [0.5, 0.6) is 5.75 Å². The summed E-state index contributed by atoms with van der Waals surface area (Å²) in [5.41, 5.74) is 7.45. The van der Waals surface area contributed by atoms with Gasteiger partial charge in [0.25, 0.3) is 0 Å². The van der Waals surface area contributed by atoms with Crippen LogP contribution in [0.1, 0.15) is 29.3 Å². The first-order chi connectivity index (χ1) is 13.1. The summed E-state index contributed by atoms with van der Waals surface area (Å²) in [4.78, 5) is 10.5. The lowest BCUT2D eigenvalue weighted by atomic mass is 10.0. The summed E-state index contributed by atoms with van der Waals surface area (Å²) in [5.74, 6) is 0.422. The van der Waals surface area contributed by atoms with E-state index in [0.717, 1.165) is 18.4 Å². The molecule has 0 saturated carbocycles. The Morgan fingerprint density at radius 3 is 2.79 bits per heavy atom. The summed E-state index contributed by atoms with van der Waals surface area (Å²) < 4.78 is 28.9. The van der Waals surface area contributed by atoms with Crippen LogP contribution >= 0.6 is 11.6 Å². The molecule has 0 aliphatic carbocycles. The second kappa shape index (κ2) is 8.10. The van der Waals surface area contributed by atoms with E-state index in [1.165, 1.54) is 12.1 Å². The number of halogens is 1. The molecule has 10 heteroatoms. The smallest absolute Gasteiger partial charge is 0.222 e. The molecule has 0 bridgehead atoms. The Balaban J connectivity index is 2.04. The average molecular weight is 427 g/mol. The monoisotopic (exact) mass is 426 g/mol. The molecule has 0 amide bonds. The second-order valence-corrected chi connectivity index (χ2v) is 9.48. The number of ether oxygens (including phenoxy) is 1. The number of phenolic OH excluding ortho intramolecular Hbond substituents is 1. The minimum Gasteiger partial charge on any atom is -0.508 e. The number of benzene rings is 1. The molecule has 1 saturated heterocycles. The first-order valence-corrected chi connectivity index (χ1v) is 11.2. The zero-order chi connectivity index (χ0) is 20.5. The van der Waals surface area contributed by atoms with E-state index in [0.29, 0.717) is 36.2 Å². The van der Waals surface area contributed by atoms with E-state index >= 15 is 0 Å². The van der Waals surface area contributed by atoms with Crippen molar-refractivity contribution >= 4 is 33.2 Å². The Kier molecular flexibility index (Phi) is 5.97. The fraction of sp³-hybridized carbons (Fsp3) is 0.444. The van der Waals surface area contributed by atoms with Crippen LogP contribution in [0.3, 0.4) is 0 Å². The summed E-state index contributed by atoms with van der Waals surface area (Å²) in [6.07, 6.45) is 1.90. The molecular weight excluding hydrogens is 404 g/mol. The maximum Gasteiger partial charge on any atom is 0.222 e. The van der Waals surface area contributed by atoms with E-state index in [1.54, 1.807) is 0 Å². The number of anilines is 2. The zero-order valence-electron chi connectivity index (χ0n) is 15.7. The molecule has 0 spiro atoms.